The van der Waals surface area contributed by atoms with Crippen LogP contribution in [0.1, 0.15) is 83.3 Å². The van der Waals surface area contributed by atoms with E-state index in [1.807, 2.05) is 0 Å². The number of carbonyl (C=O) groups is 6. The van der Waals surface area contributed by atoms with Crippen molar-refractivity contribution in [1.29, 1.82) is 0 Å². The number of amides is 5. The summed E-state index contributed by atoms with van der Waals surface area (Å²) in [7, 11) is 0. The molecule has 62 heavy (non-hydrogen) atoms. The van der Waals surface area contributed by atoms with Gasteiger partial charge in [-0.1, -0.05) is 36.4 Å². The number of alkyl halides is 3. The number of rotatable bonds is 13. The Labute approximate surface area is 357 Å². The highest BCUT2D eigenvalue weighted by molar-refractivity contribution is 5.82. The topological polar surface area (TPSA) is 200 Å². The lowest BCUT2D eigenvalue weighted by molar-refractivity contribution is -0.192. The normalized spacial score (nSPS) is 19.4. The lowest BCUT2D eigenvalue weighted by atomic mass is 10.0. The van der Waals surface area contributed by atoms with E-state index in [1.54, 1.807) is 67.0 Å². The Balaban J connectivity index is 0.000000242. The number of ether oxygens (including phenoxy) is 1. The zero-order valence-corrected chi connectivity index (χ0v) is 35.1. The molecule has 0 radical (unpaired) electrons. The highest BCUT2D eigenvalue weighted by atomic mass is 19.4. The molecule has 4 atom stereocenters. The van der Waals surface area contributed by atoms with E-state index in [2.05, 4.69) is 16.0 Å². The van der Waals surface area contributed by atoms with Gasteiger partial charge < -0.3 is 41.3 Å². The summed E-state index contributed by atoms with van der Waals surface area (Å²) in [5.41, 5.74) is 6.30. The third kappa shape index (κ3) is 17.2. The molecule has 2 saturated heterocycles. The Morgan fingerprint density at radius 2 is 1.15 bits per heavy atom. The zero-order chi connectivity index (χ0) is 45.8. The van der Waals surface area contributed by atoms with Gasteiger partial charge in [0.25, 0.3) is 0 Å². The van der Waals surface area contributed by atoms with Gasteiger partial charge in [0.1, 0.15) is 17.2 Å². The zero-order valence-electron chi connectivity index (χ0n) is 35.1. The first-order valence-corrected chi connectivity index (χ1v) is 20.8. The Hall–Kier alpha value is -5.33. The standard InChI is InChI=1S/C23H32FN3O4.C18H24FN3O2.C2HF3O2/c1-23(2,3)31-22(30)26-18(12-16-6-4-5-7-19(16)24)13-20(28)27-11-10-17(14-27)25-21(29)15-8-9-15;19-16-4-2-1-3-13(16)9-14(20)10-17(23)22-8-7-15(11-22)21-18(24)12-5-6-12;3-2(4,5)1(6)7/h4-7,15,17-18H,8-14H2,1-3H3,(H,25,29)(H,26,30);1-4,12,14-15H,5-11,20H2,(H,21,24);(H,6,7)/t17-,18+;14-,15+;/m01./s1. The van der Waals surface area contributed by atoms with Gasteiger partial charge in [0.2, 0.25) is 23.6 Å². The van der Waals surface area contributed by atoms with Crippen molar-refractivity contribution >= 4 is 35.7 Å². The Morgan fingerprint density at radius 1 is 0.726 bits per heavy atom. The first kappa shape index (κ1) is 49.3. The number of likely N-dealkylation sites (tertiary alicyclic amines) is 2. The highest BCUT2D eigenvalue weighted by Crippen LogP contribution is 2.30. The van der Waals surface area contributed by atoms with Crippen LogP contribution in [0.4, 0.5) is 26.7 Å². The second-order valence-electron chi connectivity index (χ2n) is 17.1. The van der Waals surface area contributed by atoms with Crippen LogP contribution in [-0.4, -0.2) is 113 Å². The quantitative estimate of drug-likeness (QED) is 0.178. The number of aliphatic carboxylic acids is 1. The third-order valence-corrected chi connectivity index (χ3v) is 10.4. The number of carboxylic acids is 1. The average molecular weight is 881 g/mol. The fraction of sp³-hybridized carbons (Fsp3) is 0.581. The Morgan fingerprint density at radius 3 is 1.55 bits per heavy atom. The van der Waals surface area contributed by atoms with E-state index in [9.17, 15) is 45.9 Å². The number of carboxylic acid groups (broad SMARTS) is 1. The van der Waals surface area contributed by atoms with Crippen LogP contribution in [-0.2, 0) is 41.6 Å². The van der Waals surface area contributed by atoms with Gasteiger partial charge in [0.15, 0.2) is 0 Å². The summed E-state index contributed by atoms with van der Waals surface area (Å²) in [6, 6.07) is 11.8. The molecule has 0 spiro atoms. The summed E-state index contributed by atoms with van der Waals surface area (Å²) >= 11 is 0. The van der Waals surface area contributed by atoms with Crippen LogP contribution in [0.25, 0.3) is 0 Å². The molecule has 2 saturated carbocycles. The van der Waals surface area contributed by atoms with E-state index in [-0.39, 0.29) is 78.4 Å². The smallest absolute Gasteiger partial charge is 0.475 e. The lowest BCUT2D eigenvalue weighted by Crippen LogP contribution is -2.44. The number of alkyl carbamates (subject to hydrolysis) is 1. The maximum absolute atomic E-state index is 14.2. The minimum Gasteiger partial charge on any atom is -0.475 e. The van der Waals surface area contributed by atoms with Crippen LogP contribution < -0.4 is 21.7 Å². The maximum Gasteiger partial charge on any atom is 0.490 e. The molecule has 342 valence electrons. The van der Waals surface area contributed by atoms with E-state index in [0.717, 1.165) is 32.1 Å². The number of nitrogens with two attached hydrogens (primary N) is 1. The number of hydrogen-bond acceptors (Lipinski definition) is 8. The molecule has 2 aliphatic carbocycles. The number of carbonyl (C=O) groups excluding carboxylic acids is 5. The summed E-state index contributed by atoms with van der Waals surface area (Å²) in [5, 5.41) is 15.9. The van der Waals surface area contributed by atoms with Gasteiger partial charge in [-0.25, -0.2) is 18.4 Å². The highest BCUT2D eigenvalue weighted by Gasteiger charge is 2.38. The molecule has 6 rings (SSSR count). The van der Waals surface area contributed by atoms with Gasteiger partial charge in [-0.2, -0.15) is 13.2 Å². The van der Waals surface area contributed by atoms with Crippen molar-refractivity contribution < 1.29 is 60.6 Å². The number of halogens is 5. The van der Waals surface area contributed by atoms with Crippen LogP contribution in [0.3, 0.4) is 0 Å². The molecular weight excluding hydrogens is 823 g/mol. The number of benzene rings is 2. The summed E-state index contributed by atoms with van der Waals surface area (Å²) in [5.74, 6) is -3.08. The molecule has 14 nitrogen and oxygen atoms in total. The van der Waals surface area contributed by atoms with Gasteiger partial charge >= 0.3 is 18.2 Å². The van der Waals surface area contributed by atoms with Gasteiger partial charge in [-0.3, -0.25) is 19.2 Å². The molecule has 2 aromatic carbocycles. The maximum atomic E-state index is 14.2. The molecule has 4 aliphatic rings. The predicted octanol–water partition coefficient (Wildman–Crippen LogP) is 4.62. The van der Waals surface area contributed by atoms with Gasteiger partial charge in [0, 0.05) is 75.0 Å². The summed E-state index contributed by atoms with van der Waals surface area (Å²) in [6.07, 6.45) is 0.338. The third-order valence-electron chi connectivity index (χ3n) is 10.4. The van der Waals surface area contributed by atoms with Gasteiger partial charge in [-0.15, -0.1) is 0 Å². The largest absolute Gasteiger partial charge is 0.490 e. The van der Waals surface area contributed by atoms with Crippen LogP contribution in [0, 0.1) is 23.5 Å². The van der Waals surface area contributed by atoms with Gasteiger partial charge in [-0.05, 0) is 95.4 Å². The first-order chi connectivity index (χ1) is 29.1. The molecule has 5 amide bonds. The summed E-state index contributed by atoms with van der Waals surface area (Å²) in [6.45, 7) is 7.45. The van der Waals surface area contributed by atoms with E-state index in [0.29, 0.717) is 50.1 Å². The van der Waals surface area contributed by atoms with Crippen molar-refractivity contribution in [2.75, 3.05) is 26.2 Å². The summed E-state index contributed by atoms with van der Waals surface area (Å²) in [4.78, 5) is 73.6. The average Bonchev–Trinajstić information content (AvgIpc) is 4.11. The van der Waals surface area contributed by atoms with Crippen LogP contribution in [0.15, 0.2) is 48.5 Å². The molecule has 19 heteroatoms. The molecule has 0 bridgehead atoms. The summed E-state index contributed by atoms with van der Waals surface area (Å²) < 4.78 is 64.9. The second-order valence-corrected chi connectivity index (χ2v) is 17.1. The minimum absolute atomic E-state index is 0.0247. The van der Waals surface area contributed by atoms with E-state index in [4.69, 9.17) is 20.4 Å². The van der Waals surface area contributed by atoms with Crippen molar-refractivity contribution in [3.05, 3.63) is 71.3 Å². The van der Waals surface area contributed by atoms with E-state index < -0.39 is 35.9 Å². The molecule has 0 aromatic heterocycles. The molecule has 2 aromatic rings. The number of hydrogen-bond donors (Lipinski definition) is 5. The number of nitrogens with one attached hydrogen (secondary N) is 3. The lowest BCUT2D eigenvalue weighted by Gasteiger charge is -2.25. The monoisotopic (exact) mass is 880 g/mol. The SMILES string of the molecule is CC(C)(C)OC(=O)N[C@@H](CC(=O)N1CC[C@H](NC(=O)C2CC2)C1)Cc1ccccc1F.N[C@@H](CC(=O)N1CC[C@H](NC(=O)C2CC2)C1)Cc1ccccc1F.O=C(O)C(F)(F)F. The predicted molar refractivity (Wildman–Crippen MR) is 216 cm³/mol. The minimum atomic E-state index is -5.08. The van der Waals surface area contributed by atoms with Crippen molar-refractivity contribution in [2.45, 2.75) is 121 Å². The fourth-order valence-electron chi connectivity index (χ4n) is 6.83. The van der Waals surface area contributed by atoms with Gasteiger partial charge in [0.05, 0.1) is 0 Å². The molecule has 0 unspecified atom stereocenters. The van der Waals surface area contributed by atoms with Crippen LogP contribution >= 0.6 is 0 Å². The first-order valence-electron chi connectivity index (χ1n) is 20.8. The van der Waals surface area contributed by atoms with E-state index >= 15 is 0 Å². The van der Waals surface area contributed by atoms with Crippen molar-refractivity contribution in [2.24, 2.45) is 17.6 Å². The molecule has 2 aliphatic heterocycles. The Kier molecular flexibility index (Phi) is 17.6. The molecule has 6 N–H and O–H groups in total. The van der Waals surface area contributed by atoms with Crippen molar-refractivity contribution in [3.8, 4) is 0 Å². The van der Waals surface area contributed by atoms with Crippen molar-refractivity contribution in [3.63, 3.8) is 0 Å². The second kappa shape index (κ2) is 22.2. The van der Waals surface area contributed by atoms with Crippen molar-refractivity contribution in [1.82, 2.24) is 25.8 Å². The Bertz CT molecular complexity index is 1890. The van der Waals surface area contributed by atoms with Crippen LogP contribution in [0.5, 0.6) is 0 Å². The molecule has 2 heterocycles. The molecule has 4 fully saturated rings. The number of nitrogens with zero attached hydrogens (tertiary/aromatic N) is 2. The van der Waals surface area contributed by atoms with Crippen LogP contribution in [0.2, 0.25) is 0 Å². The molecular formula is C43H57F5N6O8. The van der Waals surface area contributed by atoms with E-state index in [1.165, 1.54) is 12.1 Å². The fourth-order valence-corrected chi connectivity index (χ4v) is 6.83.